The first kappa shape index (κ1) is 19.2. The molecule has 0 spiro atoms. The fourth-order valence-corrected chi connectivity index (χ4v) is 3.40. The largest absolute Gasteiger partial charge is 0.493 e. The van der Waals surface area contributed by atoms with Gasteiger partial charge in [0.1, 0.15) is 22.9 Å². The highest BCUT2D eigenvalue weighted by Crippen LogP contribution is 2.30. The molecule has 3 aromatic rings. The lowest BCUT2D eigenvalue weighted by molar-refractivity contribution is -0.141. The van der Waals surface area contributed by atoms with Crippen molar-refractivity contribution in [2.45, 2.75) is 19.0 Å². The van der Waals surface area contributed by atoms with Crippen LogP contribution in [0.15, 0.2) is 53.6 Å². The molecule has 4 rings (SSSR count). The summed E-state index contributed by atoms with van der Waals surface area (Å²) in [5.41, 5.74) is -0.494. The number of anilines is 1. The third-order valence-electron chi connectivity index (χ3n) is 5.00. The maximum absolute atomic E-state index is 12.7. The van der Waals surface area contributed by atoms with Crippen LogP contribution < -0.4 is 15.2 Å². The number of nitrogens with zero attached hydrogens (tertiary/aromatic N) is 4. The molecular formula is C20H19F3N4O2. The molecular weight excluding hydrogens is 385 g/mol. The van der Waals surface area contributed by atoms with E-state index in [0.717, 1.165) is 25.1 Å². The van der Waals surface area contributed by atoms with Gasteiger partial charge in [-0.05, 0) is 37.0 Å². The molecule has 0 radical (unpaired) electrons. The van der Waals surface area contributed by atoms with E-state index in [1.165, 1.54) is 16.5 Å². The molecule has 1 saturated heterocycles. The van der Waals surface area contributed by atoms with Gasteiger partial charge in [-0.3, -0.25) is 14.2 Å². The smallest absolute Gasteiger partial charge is 0.433 e. The summed E-state index contributed by atoms with van der Waals surface area (Å²) in [5.74, 6) is 1.03. The minimum atomic E-state index is -4.49. The molecule has 152 valence electrons. The van der Waals surface area contributed by atoms with E-state index in [1.54, 1.807) is 18.3 Å². The Kier molecular flexibility index (Phi) is 5.12. The van der Waals surface area contributed by atoms with E-state index in [-0.39, 0.29) is 17.2 Å². The van der Waals surface area contributed by atoms with E-state index in [4.69, 9.17) is 4.74 Å². The molecule has 0 N–H and O–H groups in total. The van der Waals surface area contributed by atoms with Gasteiger partial charge in [-0.15, -0.1) is 0 Å². The Balaban J connectivity index is 1.36. The van der Waals surface area contributed by atoms with Crippen LogP contribution in [0.1, 0.15) is 18.5 Å². The summed E-state index contributed by atoms with van der Waals surface area (Å²) in [5, 5.41) is 0. The van der Waals surface area contributed by atoms with Gasteiger partial charge in [-0.2, -0.15) is 13.2 Å². The third-order valence-corrected chi connectivity index (χ3v) is 5.00. The van der Waals surface area contributed by atoms with Crippen LogP contribution in [-0.2, 0) is 6.18 Å². The summed E-state index contributed by atoms with van der Waals surface area (Å²) in [7, 11) is 0. The minimum absolute atomic E-state index is 0.130. The summed E-state index contributed by atoms with van der Waals surface area (Å²) in [6, 6.07) is 9.27. The highest BCUT2D eigenvalue weighted by molar-refractivity contribution is 5.48. The average Bonchev–Trinajstić information content (AvgIpc) is 2.72. The van der Waals surface area contributed by atoms with Crippen LogP contribution in [0.5, 0.6) is 5.75 Å². The van der Waals surface area contributed by atoms with E-state index >= 15 is 0 Å². The lowest BCUT2D eigenvalue weighted by Crippen LogP contribution is -2.36. The Morgan fingerprint density at radius 3 is 2.69 bits per heavy atom. The van der Waals surface area contributed by atoms with Crippen molar-refractivity contribution in [3.8, 4) is 5.75 Å². The zero-order valence-electron chi connectivity index (χ0n) is 15.5. The van der Waals surface area contributed by atoms with E-state index < -0.39 is 11.9 Å². The zero-order valence-corrected chi connectivity index (χ0v) is 15.5. The molecule has 3 aromatic heterocycles. The molecule has 0 bridgehead atoms. The second-order valence-corrected chi connectivity index (χ2v) is 7.00. The normalized spacial score (nSPS) is 15.6. The van der Waals surface area contributed by atoms with Crippen LogP contribution in [0.2, 0.25) is 0 Å². The van der Waals surface area contributed by atoms with Gasteiger partial charge >= 0.3 is 6.18 Å². The molecule has 0 atom stereocenters. The number of hydrogen-bond donors (Lipinski definition) is 0. The third kappa shape index (κ3) is 4.33. The maximum atomic E-state index is 12.7. The molecule has 29 heavy (non-hydrogen) atoms. The first-order chi connectivity index (χ1) is 13.9. The second kappa shape index (κ2) is 7.73. The highest BCUT2D eigenvalue weighted by atomic mass is 19.4. The SMILES string of the molecule is O=c1cc(N2CCC(COc3ccnc(C(F)(F)F)c3)CC2)nc2ccccn12. The average molecular weight is 404 g/mol. The lowest BCUT2D eigenvalue weighted by Gasteiger charge is -2.32. The molecule has 0 aromatic carbocycles. The number of fused-ring (bicyclic) bond motifs is 1. The minimum Gasteiger partial charge on any atom is -0.493 e. The van der Waals surface area contributed by atoms with Crippen LogP contribution in [0.3, 0.4) is 0 Å². The molecule has 1 aliphatic rings. The number of rotatable bonds is 4. The molecule has 0 aliphatic carbocycles. The van der Waals surface area contributed by atoms with Crippen molar-refractivity contribution >= 4 is 11.5 Å². The number of hydrogen-bond acceptors (Lipinski definition) is 5. The van der Waals surface area contributed by atoms with Crippen molar-refractivity contribution < 1.29 is 17.9 Å². The Morgan fingerprint density at radius 1 is 1.14 bits per heavy atom. The lowest BCUT2D eigenvalue weighted by atomic mass is 9.98. The van der Waals surface area contributed by atoms with Crippen LogP contribution in [0.4, 0.5) is 19.0 Å². The zero-order chi connectivity index (χ0) is 20.4. The van der Waals surface area contributed by atoms with E-state index in [9.17, 15) is 18.0 Å². The van der Waals surface area contributed by atoms with Gasteiger partial charge < -0.3 is 9.64 Å². The number of halogens is 3. The van der Waals surface area contributed by atoms with Gasteiger partial charge in [0, 0.05) is 37.6 Å². The van der Waals surface area contributed by atoms with Crippen molar-refractivity contribution in [2.24, 2.45) is 5.92 Å². The van der Waals surface area contributed by atoms with Gasteiger partial charge in [0.2, 0.25) is 0 Å². The highest BCUT2D eigenvalue weighted by Gasteiger charge is 2.32. The predicted octanol–water partition coefficient (Wildman–Crippen LogP) is 3.40. The summed E-state index contributed by atoms with van der Waals surface area (Å²) in [6.07, 6.45) is -0.109. The number of piperidine rings is 1. The van der Waals surface area contributed by atoms with E-state index in [1.807, 2.05) is 6.07 Å². The monoisotopic (exact) mass is 404 g/mol. The molecule has 1 fully saturated rings. The second-order valence-electron chi connectivity index (χ2n) is 7.00. The Labute approximate surface area is 164 Å². The molecule has 9 heteroatoms. The van der Waals surface area contributed by atoms with Gasteiger partial charge in [0.05, 0.1) is 6.61 Å². The van der Waals surface area contributed by atoms with E-state index in [0.29, 0.717) is 31.2 Å². The first-order valence-corrected chi connectivity index (χ1v) is 9.29. The van der Waals surface area contributed by atoms with Gasteiger partial charge in [0.25, 0.3) is 5.56 Å². The molecule has 6 nitrogen and oxygen atoms in total. The number of alkyl halides is 3. The Hall–Kier alpha value is -3.10. The van der Waals surface area contributed by atoms with Crippen molar-refractivity contribution in [1.29, 1.82) is 0 Å². The summed E-state index contributed by atoms with van der Waals surface area (Å²) < 4.78 is 45.3. The van der Waals surface area contributed by atoms with Crippen LogP contribution in [-0.4, -0.2) is 34.1 Å². The number of aromatic nitrogens is 3. The quantitative estimate of drug-likeness (QED) is 0.667. The van der Waals surface area contributed by atoms with Crippen molar-refractivity contribution in [3.05, 3.63) is 64.8 Å². The Bertz CT molecular complexity index is 1060. The van der Waals surface area contributed by atoms with Crippen molar-refractivity contribution in [3.63, 3.8) is 0 Å². The number of ether oxygens (including phenoxy) is 1. The maximum Gasteiger partial charge on any atom is 0.433 e. The summed E-state index contributed by atoms with van der Waals surface area (Å²) >= 11 is 0. The topological polar surface area (TPSA) is 59.7 Å². The van der Waals surface area contributed by atoms with Gasteiger partial charge in [-0.25, -0.2) is 4.98 Å². The number of pyridine rings is 2. The van der Waals surface area contributed by atoms with Crippen molar-refractivity contribution in [1.82, 2.24) is 14.4 Å². The summed E-state index contributed by atoms with van der Waals surface area (Å²) in [4.78, 5) is 22.2. The van der Waals surface area contributed by atoms with E-state index in [2.05, 4.69) is 14.9 Å². The van der Waals surface area contributed by atoms with Crippen LogP contribution in [0, 0.1) is 5.92 Å². The van der Waals surface area contributed by atoms with Crippen molar-refractivity contribution in [2.75, 3.05) is 24.6 Å². The molecule has 0 unspecified atom stereocenters. The fraction of sp³-hybridized carbons (Fsp3) is 0.350. The molecule has 1 aliphatic heterocycles. The Morgan fingerprint density at radius 2 is 1.93 bits per heavy atom. The standard InChI is InChI=1S/C20H19F3N4O2/c21-20(22,23)16-11-15(4-7-24-16)29-13-14-5-9-26(10-6-14)18-12-19(28)27-8-2-1-3-17(27)25-18/h1-4,7-8,11-12,14H,5-6,9-10,13H2. The molecule has 0 amide bonds. The van der Waals surface area contributed by atoms with Gasteiger partial charge in [0.15, 0.2) is 0 Å². The fourth-order valence-electron chi connectivity index (χ4n) is 3.40. The summed E-state index contributed by atoms with van der Waals surface area (Å²) in [6.45, 7) is 1.74. The van der Waals surface area contributed by atoms with Gasteiger partial charge in [-0.1, -0.05) is 6.07 Å². The van der Waals surface area contributed by atoms with Crippen LogP contribution in [0.25, 0.3) is 5.65 Å². The molecule has 0 saturated carbocycles. The predicted molar refractivity (Wildman–Crippen MR) is 101 cm³/mol. The first-order valence-electron chi connectivity index (χ1n) is 9.29. The molecule has 4 heterocycles. The van der Waals surface area contributed by atoms with Crippen LogP contribution >= 0.6 is 0 Å².